The Bertz CT molecular complexity index is 488. The second-order valence-electron chi connectivity index (χ2n) is 5.50. The second kappa shape index (κ2) is 6.03. The molecular formula is C18H22O. The zero-order valence-corrected chi connectivity index (χ0v) is 12.0. The van der Waals surface area contributed by atoms with Gasteiger partial charge in [0.25, 0.3) is 0 Å². The fraction of sp³-hybridized carbons (Fsp3) is 0.333. The zero-order chi connectivity index (χ0) is 13.7. The molecule has 0 aliphatic carbocycles. The molecule has 0 aromatic heterocycles. The first-order valence-electron chi connectivity index (χ1n) is 6.84. The van der Waals surface area contributed by atoms with Gasteiger partial charge in [0.1, 0.15) is 0 Å². The van der Waals surface area contributed by atoms with Crippen LogP contribution in [0.15, 0.2) is 60.7 Å². The van der Waals surface area contributed by atoms with Crippen molar-refractivity contribution in [3.8, 4) is 0 Å². The summed E-state index contributed by atoms with van der Waals surface area (Å²) in [5.41, 5.74) is 2.30. The van der Waals surface area contributed by atoms with E-state index < -0.39 is 0 Å². The highest BCUT2D eigenvalue weighted by Crippen LogP contribution is 2.26. The summed E-state index contributed by atoms with van der Waals surface area (Å²) in [4.78, 5) is 0. The fourth-order valence-corrected chi connectivity index (χ4v) is 2.13. The molecule has 2 aromatic rings. The largest absolute Gasteiger partial charge is 0.370 e. The van der Waals surface area contributed by atoms with Gasteiger partial charge in [-0.2, -0.15) is 0 Å². The van der Waals surface area contributed by atoms with E-state index in [9.17, 15) is 0 Å². The molecule has 0 amide bonds. The monoisotopic (exact) mass is 254 g/mol. The molecule has 1 nitrogen and oxygen atoms in total. The maximum atomic E-state index is 6.13. The summed E-state index contributed by atoms with van der Waals surface area (Å²) < 4.78 is 6.13. The standard InChI is InChI=1S/C18H22O/c1-15(16-10-6-4-7-11-16)14-19-18(2,3)17-12-8-5-9-13-17/h4-13,15H,14H2,1-3H3. The van der Waals surface area contributed by atoms with Crippen molar-refractivity contribution >= 4 is 0 Å². The minimum atomic E-state index is -0.246. The Labute approximate surface area is 116 Å². The van der Waals surface area contributed by atoms with Gasteiger partial charge in [-0.1, -0.05) is 67.6 Å². The number of hydrogen-bond donors (Lipinski definition) is 0. The Hall–Kier alpha value is -1.60. The number of benzene rings is 2. The summed E-state index contributed by atoms with van der Waals surface area (Å²) in [5.74, 6) is 0.407. The third kappa shape index (κ3) is 3.68. The van der Waals surface area contributed by atoms with Crippen LogP contribution in [0.3, 0.4) is 0 Å². The molecule has 0 fully saturated rings. The molecule has 0 N–H and O–H groups in total. The van der Waals surface area contributed by atoms with Crippen molar-refractivity contribution in [2.75, 3.05) is 6.61 Å². The molecule has 0 spiro atoms. The van der Waals surface area contributed by atoms with Crippen LogP contribution in [0.5, 0.6) is 0 Å². The SMILES string of the molecule is CC(COC(C)(C)c1ccccc1)c1ccccc1. The molecule has 100 valence electrons. The normalized spacial score (nSPS) is 13.2. The average molecular weight is 254 g/mol. The molecule has 2 aromatic carbocycles. The Balaban J connectivity index is 1.99. The molecule has 2 rings (SSSR count). The van der Waals surface area contributed by atoms with E-state index >= 15 is 0 Å². The van der Waals surface area contributed by atoms with Crippen LogP contribution < -0.4 is 0 Å². The second-order valence-corrected chi connectivity index (χ2v) is 5.50. The molecule has 19 heavy (non-hydrogen) atoms. The molecular weight excluding hydrogens is 232 g/mol. The Morgan fingerprint density at radius 1 is 0.895 bits per heavy atom. The Kier molecular flexibility index (Phi) is 4.39. The first-order valence-corrected chi connectivity index (χ1v) is 6.84. The van der Waals surface area contributed by atoms with E-state index in [1.165, 1.54) is 11.1 Å². The summed E-state index contributed by atoms with van der Waals surface area (Å²) in [7, 11) is 0. The highest BCUT2D eigenvalue weighted by molar-refractivity contribution is 5.21. The van der Waals surface area contributed by atoms with Crippen molar-refractivity contribution in [2.45, 2.75) is 32.3 Å². The van der Waals surface area contributed by atoms with E-state index in [4.69, 9.17) is 4.74 Å². The molecule has 0 bridgehead atoms. The molecule has 0 aliphatic rings. The maximum Gasteiger partial charge on any atom is 0.0875 e. The minimum Gasteiger partial charge on any atom is -0.370 e. The first kappa shape index (κ1) is 13.8. The highest BCUT2D eigenvalue weighted by atomic mass is 16.5. The third-order valence-electron chi connectivity index (χ3n) is 3.53. The van der Waals surface area contributed by atoms with Crippen molar-refractivity contribution in [3.05, 3.63) is 71.8 Å². The van der Waals surface area contributed by atoms with Crippen molar-refractivity contribution in [2.24, 2.45) is 0 Å². The van der Waals surface area contributed by atoms with E-state index in [0.29, 0.717) is 5.92 Å². The fourth-order valence-electron chi connectivity index (χ4n) is 2.13. The lowest BCUT2D eigenvalue weighted by Gasteiger charge is -2.28. The van der Waals surface area contributed by atoms with Crippen LogP contribution in [0.1, 0.15) is 37.8 Å². The van der Waals surface area contributed by atoms with Gasteiger partial charge in [-0.25, -0.2) is 0 Å². The Morgan fingerprint density at radius 2 is 1.42 bits per heavy atom. The topological polar surface area (TPSA) is 9.23 Å². The van der Waals surface area contributed by atoms with Crippen LogP contribution in [-0.2, 0) is 10.3 Å². The summed E-state index contributed by atoms with van der Waals surface area (Å²) in [6.07, 6.45) is 0. The van der Waals surface area contributed by atoms with Crippen LogP contribution in [0, 0.1) is 0 Å². The van der Waals surface area contributed by atoms with Crippen molar-refractivity contribution in [1.29, 1.82) is 0 Å². The predicted octanol–water partition coefficient (Wildman–Crippen LogP) is 4.74. The summed E-state index contributed by atoms with van der Waals surface area (Å²) >= 11 is 0. The highest BCUT2D eigenvalue weighted by Gasteiger charge is 2.21. The van der Waals surface area contributed by atoms with Gasteiger partial charge < -0.3 is 4.74 Å². The molecule has 1 unspecified atom stereocenters. The van der Waals surface area contributed by atoms with E-state index in [1.807, 2.05) is 12.1 Å². The molecule has 0 saturated carbocycles. The lowest BCUT2D eigenvalue weighted by atomic mass is 9.97. The van der Waals surface area contributed by atoms with Gasteiger partial charge in [0.15, 0.2) is 0 Å². The van der Waals surface area contributed by atoms with Crippen LogP contribution in [0.4, 0.5) is 0 Å². The number of rotatable bonds is 5. The van der Waals surface area contributed by atoms with Crippen LogP contribution >= 0.6 is 0 Å². The van der Waals surface area contributed by atoms with Crippen LogP contribution in [0.25, 0.3) is 0 Å². The van der Waals surface area contributed by atoms with Crippen molar-refractivity contribution < 1.29 is 4.74 Å². The van der Waals surface area contributed by atoms with Gasteiger partial charge in [0, 0.05) is 5.92 Å². The molecule has 1 atom stereocenters. The lowest BCUT2D eigenvalue weighted by molar-refractivity contribution is -0.0273. The van der Waals surface area contributed by atoms with E-state index in [1.54, 1.807) is 0 Å². The molecule has 0 heterocycles. The third-order valence-corrected chi connectivity index (χ3v) is 3.53. The van der Waals surface area contributed by atoms with Crippen molar-refractivity contribution in [3.63, 3.8) is 0 Å². The van der Waals surface area contributed by atoms with E-state index in [2.05, 4.69) is 69.3 Å². The molecule has 0 radical (unpaired) electrons. The first-order chi connectivity index (χ1) is 9.09. The number of ether oxygens (including phenoxy) is 1. The predicted molar refractivity (Wildman–Crippen MR) is 80.3 cm³/mol. The number of hydrogen-bond acceptors (Lipinski definition) is 1. The van der Waals surface area contributed by atoms with Gasteiger partial charge >= 0.3 is 0 Å². The smallest absolute Gasteiger partial charge is 0.0875 e. The van der Waals surface area contributed by atoms with Gasteiger partial charge in [-0.3, -0.25) is 0 Å². The van der Waals surface area contributed by atoms with E-state index in [-0.39, 0.29) is 5.60 Å². The minimum absolute atomic E-state index is 0.246. The van der Waals surface area contributed by atoms with Crippen molar-refractivity contribution in [1.82, 2.24) is 0 Å². The van der Waals surface area contributed by atoms with E-state index in [0.717, 1.165) is 6.61 Å². The quantitative estimate of drug-likeness (QED) is 0.748. The molecule has 0 aliphatic heterocycles. The van der Waals surface area contributed by atoms with Gasteiger partial charge in [0.05, 0.1) is 12.2 Å². The average Bonchev–Trinajstić information content (AvgIpc) is 2.47. The Morgan fingerprint density at radius 3 is 2.00 bits per heavy atom. The lowest BCUT2D eigenvalue weighted by Crippen LogP contribution is -2.24. The summed E-state index contributed by atoms with van der Waals surface area (Å²) in [6.45, 7) is 7.18. The van der Waals surface area contributed by atoms with Gasteiger partial charge in [-0.05, 0) is 25.0 Å². The van der Waals surface area contributed by atoms with Crippen LogP contribution in [-0.4, -0.2) is 6.61 Å². The van der Waals surface area contributed by atoms with Crippen LogP contribution in [0.2, 0.25) is 0 Å². The summed E-state index contributed by atoms with van der Waals surface area (Å²) in [5, 5.41) is 0. The maximum absolute atomic E-state index is 6.13. The molecule has 0 saturated heterocycles. The molecule has 1 heteroatoms. The summed E-state index contributed by atoms with van der Waals surface area (Å²) in [6, 6.07) is 20.9. The zero-order valence-electron chi connectivity index (χ0n) is 12.0. The van der Waals surface area contributed by atoms with Gasteiger partial charge in [0.2, 0.25) is 0 Å². The van der Waals surface area contributed by atoms with Gasteiger partial charge in [-0.15, -0.1) is 0 Å².